The first-order chi connectivity index (χ1) is 9.28. The van der Waals surface area contributed by atoms with Crippen LogP contribution in [0.15, 0.2) is 35.2 Å². The van der Waals surface area contributed by atoms with Gasteiger partial charge in [-0.3, -0.25) is 0 Å². The van der Waals surface area contributed by atoms with Gasteiger partial charge in [-0.25, -0.2) is 13.1 Å². The summed E-state index contributed by atoms with van der Waals surface area (Å²) in [6.07, 6.45) is 0. The summed E-state index contributed by atoms with van der Waals surface area (Å²) < 4.78 is 27.9. The van der Waals surface area contributed by atoms with Crippen molar-refractivity contribution in [2.45, 2.75) is 24.8 Å². The fourth-order valence-electron chi connectivity index (χ4n) is 1.85. The summed E-state index contributed by atoms with van der Waals surface area (Å²) in [6, 6.07) is 7.97. The Morgan fingerprint density at radius 1 is 1.30 bits per heavy atom. The molecule has 3 N–H and O–H groups in total. The average Bonchev–Trinajstić information content (AvgIpc) is 2.74. The van der Waals surface area contributed by atoms with Gasteiger partial charge in [-0.15, -0.1) is 11.3 Å². The second-order valence-electron chi connectivity index (χ2n) is 4.56. The third-order valence-corrected chi connectivity index (χ3v) is 5.67. The Bertz CT molecular complexity index is 705. The monoisotopic (exact) mass is 330 g/mol. The van der Waals surface area contributed by atoms with Crippen LogP contribution in [0.1, 0.15) is 23.4 Å². The molecule has 1 aromatic heterocycles. The van der Waals surface area contributed by atoms with Crippen molar-refractivity contribution in [3.63, 3.8) is 0 Å². The number of sulfonamides is 1. The van der Waals surface area contributed by atoms with E-state index in [-0.39, 0.29) is 10.9 Å². The van der Waals surface area contributed by atoms with E-state index in [1.54, 1.807) is 32.0 Å². The highest BCUT2D eigenvalue weighted by atomic mass is 35.5. The van der Waals surface area contributed by atoms with E-state index in [4.69, 9.17) is 17.3 Å². The van der Waals surface area contributed by atoms with Crippen LogP contribution in [0.3, 0.4) is 0 Å². The zero-order valence-corrected chi connectivity index (χ0v) is 13.4. The van der Waals surface area contributed by atoms with Crippen LogP contribution in [0.25, 0.3) is 0 Å². The van der Waals surface area contributed by atoms with Gasteiger partial charge in [-0.1, -0.05) is 11.6 Å². The molecule has 0 spiro atoms. The lowest BCUT2D eigenvalue weighted by Crippen LogP contribution is -2.26. The summed E-state index contributed by atoms with van der Waals surface area (Å²) in [6.45, 7) is 3.58. The molecule has 0 radical (unpaired) electrons. The minimum absolute atomic E-state index is 0.171. The van der Waals surface area contributed by atoms with Gasteiger partial charge < -0.3 is 5.73 Å². The topological polar surface area (TPSA) is 72.2 Å². The summed E-state index contributed by atoms with van der Waals surface area (Å²) in [4.78, 5) is 1.03. The number of nitrogens with one attached hydrogen (secondary N) is 1. The quantitative estimate of drug-likeness (QED) is 0.844. The Hall–Kier alpha value is -1.08. The minimum atomic E-state index is -3.61. The Morgan fingerprint density at radius 3 is 2.55 bits per heavy atom. The van der Waals surface area contributed by atoms with E-state index in [0.29, 0.717) is 10.0 Å². The van der Waals surface area contributed by atoms with Crippen LogP contribution in [-0.2, 0) is 10.0 Å². The molecule has 2 aromatic rings. The number of benzene rings is 1. The number of anilines is 1. The van der Waals surface area contributed by atoms with E-state index < -0.39 is 10.0 Å². The molecule has 0 aliphatic rings. The normalized spacial score (nSPS) is 13.3. The van der Waals surface area contributed by atoms with Gasteiger partial charge in [0.1, 0.15) is 0 Å². The summed E-state index contributed by atoms with van der Waals surface area (Å²) in [5.74, 6) is 0. The number of halogens is 1. The lowest BCUT2D eigenvalue weighted by molar-refractivity contribution is 0.568. The number of hydrogen-bond acceptors (Lipinski definition) is 4. The molecule has 0 aliphatic carbocycles. The molecular weight excluding hydrogens is 316 g/mol. The van der Waals surface area contributed by atoms with Crippen LogP contribution in [0.5, 0.6) is 0 Å². The van der Waals surface area contributed by atoms with Gasteiger partial charge in [-0.2, -0.15) is 0 Å². The van der Waals surface area contributed by atoms with Crippen molar-refractivity contribution >= 4 is 38.6 Å². The van der Waals surface area contributed by atoms with Crippen LogP contribution in [0, 0.1) is 6.92 Å². The number of nitrogen functional groups attached to an aromatic ring is 1. The molecule has 0 fully saturated rings. The molecule has 0 amide bonds. The molecule has 0 aliphatic heterocycles. The zero-order chi connectivity index (χ0) is 14.9. The van der Waals surface area contributed by atoms with Gasteiger partial charge in [-0.05, 0) is 49.7 Å². The van der Waals surface area contributed by atoms with Crippen molar-refractivity contribution in [2.24, 2.45) is 0 Å². The number of aryl methyl sites for hydroxylation is 1. The summed E-state index contributed by atoms with van der Waals surface area (Å²) in [5.41, 5.74) is 6.92. The average molecular weight is 331 g/mol. The molecule has 108 valence electrons. The first-order valence-electron chi connectivity index (χ1n) is 5.92. The van der Waals surface area contributed by atoms with Crippen LogP contribution < -0.4 is 10.5 Å². The van der Waals surface area contributed by atoms with Crippen molar-refractivity contribution in [3.05, 3.63) is 45.1 Å². The molecule has 20 heavy (non-hydrogen) atoms. The predicted octanol–water partition coefficient (Wildman–Crippen LogP) is 3.33. The molecule has 0 saturated carbocycles. The molecule has 1 heterocycles. The van der Waals surface area contributed by atoms with Crippen molar-refractivity contribution in [2.75, 3.05) is 5.73 Å². The Kier molecular flexibility index (Phi) is 4.39. The highest BCUT2D eigenvalue weighted by Crippen LogP contribution is 2.28. The van der Waals surface area contributed by atoms with E-state index >= 15 is 0 Å². The van der Waals surface area contributed by atoms with Crippen molar-refractivity contribution < 1.29 is 8.42 Å². The molecule has 4 nitrogen and oxygen atoms in total. The SMILES string of the molecule is Cc1cc(N)cc(S(=O)(=O)NC(C)c2ccc(Cl)s2)c1. The molecule has 1 atom stereocenters. The van der Waals surface area contributed by atoms with Gasteiger partial charge in [0, 0.05) is 10.6 Å². The van der Waals surface area contributed by atoms with E-state index in [1.807, 2.05) is 6.07 Å². The summed E-state index contributed by atoms with van der Waals surface area (Å²) >= 11 is 7.21. The highest BCUT2D eigenvalue weighted by molar-refractivity contribution is 7.89. The maximum absolute atomic E-state index is 12.3. The molecule has 0 bridgehead atoms. The molecule has 7 heteroatoms. The predicted molar refractivity (Wildman–Crippen MR) is 83.7 cm³/mol. The standard InChI is InChI=1S/C13H15ClN2O2S2/c1-8-5-10(15)7-11(6-8)20(17,18)16-9(2)12-3-4-13(14)19-12/h3-7,9,16H,15H2,1-2H3. The molecule has 1 unspecified atom stereocenters. The maximum atomic E-state index is 12.3. The van der Waals surface area contributed by atoms with Gasteiger partial charge in [0.15, 0.2) is 0 Å². The van der Waals surface area contributed by atoms with E-state index in [0.717, 1.165) is 10.4 Å². The number of nitrogens with two attached hydrogens (primary N) is 1. The third kappa shape index (κ3) is 3.52. The second kappa shape index (κ2) is 5.73. The molecular formula is C13H15ClN2O2S2. The second-order valence-corrected chi connectivity index (χ2v) is 8.02. The number of hydrogen-bond donors (Lipinski definition) is 2. The van der Waals surface area contributed by atoms with Crippen LogP contribution in [-0.4, -0.2) is 8.42 Å². The largest absolute Gasteiger partial charge is 0.399 e. The smallest absolute Gasteiger partial charge is 0.241 e. The van der Waals surface area contributed by atoms with Crippen molar-refractivity contribution in [3.8, 4) is 0 Å². The van der Waals surface area contributed by atoms with Gasteiger partial charge in [0.25, 0.3) is 0 Å². The Labute approximate surface area is 127 Å². The first kappa shape index (κ1) is 15.3. The molecule has 1 aromatic carbocycles. The Morgan fingerprint density at radius 2 is 2.00 bits per heavy atom. The number of thiophene rings is 1. The fraction of sp³-hybridized carbons (Fsp3) is 0.231. The van der Waals surface area contributed by atoms with Gasteiger partial charge >= 0.3 is 0 Å². The summed E-state index contributed by atoms with van der Waals surface area (Å²) in [7, 11) is -3.61. The van der Waals surface area contributed by atoms with Crippen molar-refractivity contribution in [1.29, 1.82) is 0 Å². The Balaban J connectivity index is 2.27. The van der Waals surface area contributed by atoms with Gasteiger partial charge in [0.05, 0.1) is 15.3 Å². The minimum Gasteiger partial charge on any atom is -0.399 e. The number of rotatable bonds is 4. The van der Waals surface area contributed by atoms with E-state index in [9.17, 15) is 8.42 Å². The van der Waals surface area contributed by atoms with Crippen LogP contribution in [0.2, 0.25) is 4.34 Å². The highest BCUT2D eigenvalue weighted by Gasteiger charge is 2.20. The lowest BCUT2D eigenvalue weighted by atomic mass is 10.2. The summed E-state index contributed by atoms with van der Waals surface area (Å²) in [5, 5.41) is 0. The van der Waals surface area contributed by atoms with Crippen LogP contribution in [0.4, 0.5) is 5.69 Å². The first-order valence-corrected chi connectivity index (χ1v) is 8.60. The van der Waals surface area contributed by atoms with Gasteiger partial charge in [0.2, 0.25) is 10.0 Å². The fourth-order valence-corrected chi connectivity index (χ4v) is 4.35. The van der Waals surface area contributed by atoms with Crippen LogP contribution >= 0.6 is 22.9 Å². The maximum Gasteiger partial charge on any atom is 0.241 e. The van der Waals surface area contributed by atoms with E-state index in [1.165, 1.54) is 17.4 Å². The van der Waals surface area contributed by atoms with Crippen molar-refractivity contribution in [1.82, 2.24) is 4.72 Å². The molecule has 0 saturated heterocycles. The third-order valence-electron chi connectivity index (χ3n) is 2.74. The van der Waals surface area contributed by atoms with E-state index in [2.05, 4.69) is 4.72 Å². The lowest BCUT2D eigenvalue weighted by Gasteiger charge is -2.13. The molecule has 2 rings (SSSR count). The zero-order valence-electron chi connectivity index (χ0n) is 11.1.